The molecule has 0 saturated carbocycles. The third kappa shape index (κ3) is 4.23. The molecule has 1 atom stereocenters. The number of aromatic amines is 1. The SMILES string of the molecule is CCc1cccc(CC)c1NC(=O)C(C)Sc1nnc(C)c(=O)[nH]1. The second-order valence-corrected chi connectivity index (χ2v) is 6.78. The molecule has 1 aromatic heterocycles. The van der Waals surface area contributed by atoms with Gasteiger partial charge in [0.05, 0.1) is 5.25 Å². The lowest BCUT2D eigenvalue weighted by molar-refractivity contribution is -0.115. The van der Waals surface area contributed by atoms with Crippen molar-refractivity contribution in [1.82, 2.24) is 15.2 Å². The van der Waals surface area contributed by atoms with Crippen LogP contribution in [0.25, 0.3) is 0 Å². The first-order chi connectivity index (χ1) is 11.5. The van der Waals surface area contributed by atoms with Gasteiger partial charge in [-0.3, -0.25) is 14.6 Å². The number of para-hydroxylation sites is 1. The standard InChI is InChI=1S/C17H22N4O2S/c1-5-12-8-7-9-13(6-2)14(12)18-16(23)11(4)24-17-19-15(22)10(3)20-21-17/h7-9,11H,5-6H2,1-4H3,(H,18,23)(H,19,21,22). The zero-order chi connectivity index (χ0) is 17.7. The zero-order valence-electron chi connectivity index (χ0n) is 14.3. The summed E-state index contributed by atoms with van der Waals surface area (Å²) >= 11 is 1.18. The molecule has 0 bridgehead atoms. The monoisotopic (exact) mass is 346 g/mol. The average molecular weight is 346 g/mol. The molecule has 24 heavy (non-hydrogen) atoms. The molecule has 0 aliphatic heterocycles. The van der Waals surface area contributed by atoms with Crippen molar-refractivity contribution in [2.45, 2.75) is 50.9 Å². The van der Waals surface area contributed by atoms with E-state index < -0.39 is 5.25 Å². The van der Waals surface area contributed by atoms with Crippen LogP contribution in [0.3, 0.4) is 0 Å². The summed E-state index contributed by atoms with van der Waals surface area (Å²) in [6, 6.07) is 6.06. The summed E-state index contributed by atoms with van der Waals surface area (Å²) in [5, 5.41) is 10.7. The molecule has 128 valence electrons. The fourth-order valence-electron chi connectivity index (χ4n) is 2.28. The minimum atomic E-state index is -0.410. The first-order valence-electron chi connectivity index (χ1n) is 7.98. The van der Waals surface area contributed by atoms with E-state index in [1.165, 1.54) is 11.8 Å². The molecular weight excluding hydrogens is 324 g/mol. The lowest BCUT2D eigenvalue weighted by atomic mass is 10.0. The Balaban J connectivity index is 2.14. The predicted octanol–water partition coefficient (Wildman–Crippen LogP) is 2.72. The molecule has 6 nitrogen and oxygen atoms in total. The highest BCUT2D eigenvalue weighted by atomic mass is 32.2. The molecule has 2 aromatic rings. The molecule has 1 amide bonds. The summed E-state index contributed by atoms with van der Waals surface area (Å²) in [4.78, 5) is 26.7. The Morgan fingerprint density at radius 2 is 1.88 bits per heavy atom. The van der Waals surface area contributed by atoms with Crippen molar-refractivity contribution in [3.8, 4) is 0 Å². The maximum absolute atomic E-state index is 12.5. The molecular formula is C17H22N4O2S. The molecule has 2 rings (SSSR count). The van der Waals surface area contributed by atoms with Crippen LogP contribution in [-0.4, -0.2) is 26.3 Å². The van der Waals surface area contributed by atoms with Crippen molar-refractivity contribution in [1.29, 1.82) is 0 Å². The smallest absolute Gasteiger partial charge is 0.273 e. The van der Waals surface area contributed by atoms with E-state index in [1.807, 2.05) is 18.2 Å². The third-order valence-corrected chi connectivity index (χ3v) is 4.72. The fraction of sp³-hybridized carbons (Fsp3) is 0.412. The van der Waals surface area contributed by atoms with E-state index in [1.54, 1.807) is 13.8 Å². The van der Waals surface area contributed by atoms with E-state index in [0.717, 1.165) is 29.7 Å². The Hall–Kier alpha value is -2.15. The number of rotatable bonds is 6. The fourth-order valence-corrected chi connectivity index (χ4v) is 3.02. The molecule has 7 heteroatoms. The number of hydrogen-bond acceptors (Lipinski definition) is 5. The minimum absolute atomic E-state index is 0.126. The Kier molecular flexibility index (Phi) is 6.14. The van der Waals surface area contributed by atoms with Crippen molar-refractivity contribution in [2.24, 2.45) is 0 Å². The van der Waals surface area contributed by atoms with E-state index in [9.17, 15) is 9.59 Å². The normalized spacial score (nSPS) is 12.0. The van der Waals surface area contributed by atoms with E-state index in [0.29, 0.717) is 10.9 Å². The van der Waals surface area contributed by atoms with Crippen molar-refractivity contribution < 1.29 is 4.79 Å². The van der Waals surface area contributed by atoms with Crippen LogP contribution in [0.1, 0.15) is 37.6 Å². The molecule has 2 N–H and O–H groups in total. The highest BCUT2D eigenvalue weighted by Gasteiger charge is 2.18. The number of carbonyl (C=O) groups excluding carboxylic acids is 1. The quantitative estimate of drug-likeness (QED) is 0.785. The van der Waals surface area contributed by atoms with E-state index >= 15 is 0 Å². The first-order valence-corrected chi connectivity index (χ1v) is 8.86. The topological polar surface area (TPSA) is 87.7 Å². The number of aromatic nitrogens is 3. The van der Waals surface area contributed by atoms with Crippen LogP contribution in [0, 0.1) is 6.92 Å². The number of hydrogen-bond donors (Lipinski definition) is 2. The van der Waals surface area contributed by atoms with Gasteiger partial charge in [0.2, 0.25) is 5.91 Å². The minimum Gasteiger partial charge on any atom is -0.325 e. The maximum atomic E-state index is 12.5. The van der Waals surface area contributed by atoms with E-state index in [-0.39, 0.29) is 11.5 Å². The van der Waals surface area contributed by atoms with Crippen LogP contribution >= 0.6 is 11.8 Å². The van der Waals surface area contributed by atoms with E-state index in [2.05, 4.69) is 34.3 Å². The van der Waals surface area contributed by atoms with Crippen LogP contribution in [0.4, 0.5) is 5.69 Å². The summed E-state index contributed by atoms with van der Waals surface area (Å²) in [5.41, 5.74) is 3.14. The maximum Gasteiger partial charge on any atom is 0.273 e. The molecule has 0 aliphatic carbocycles. The van der Waals surface area contributed by atoms with Gasteiger partial charge in [-0.2, -0.15) is 0 Å². The summed E-state index contributed by atoms with van der Waals surface area (Å²) < 4.78 is 0. The van der Waals surface area contributed by atoms with Gasteiger partial charge in [-0.15, -0.1) is 10.2 Å². The number of anilines is 1. The lowest BCUT2D eigenvalue weighted by Gasteiger charge is -2.16. The highest BCUT2D eigenvalue weighted by Crippen LogP contribution is 2.25. The first kappa shape index (κ1) is 18.2. The predicted molar refractivity (Wildman–Crippen MR) is 96.5 cm³/mol. The van der Waals surface area contributed by atoms with Crippen molar-refractivity contribution in [3.05, 3.63) is 45.4 Å². The number of nitrogens with zero attached hydrogens (tertiary/aromatic N) is 2. The summed E-state index contributed by atoms with van der Waals surface area (Å²) in [5.74, 6) is -0.126. The summed E-state index contributed by atoms with van der Waals surface area (Å²) in [6.07, 6.45) is 1.70. The van der Waals surface area contributed by atoms with Gasteiger partial charge in [0.1, 0.15) is 5.69 Å². The Bertz CT molecular complexity index is 766. The van der Waals surface area contributed by atoms with Crippen LogP contribution in [0.15, 0.2) is 28.2 Å². The van der Waals surface area contributed by atoms with Gasteiger partial charge < -0.3 is 5.32 Å². The van der Waals surface area contributed by atoms with Gasteiger partial charge in [0.15, 0.2) is 5.16 Å². The Labute approximate surface area is 145 Å². The van der Waals surface area contributed by atoms with Gasteiger partial charge in [0, 0.05) is 5.69 Å². The molecule has 1 heterocycles. The Morgan fingerprint density at radius 1 is 1.25 bits per heavy atom. The van der Waals surface area contributed by atoms with Gasteiger partial charge in [-0.25, -0.2) is 0 Å². The molecule has 0 fully saturated rings. The second kappa shape index (κ2) is 8.10. The largest absolute Gasteiger partial charge is 0.325 e. The summed E-state index contributed by atoms with van der Waals surface area (Å²) in [6.45, 7) is 7.49. The second-order valence-electron chi connectivity index (χ2n) is 5.45. The molecule has 1 aromatic carbocycles. The number of carbonyl (C=O) groups is 1. The van der Waals surface area contributed by atoms with Crippen LogP contribution in [-0.2, 0) is 17.6 Å². The summed E-state index contributed by atoms with van der Waals surface area (Å²) in [7, 11) is 0. The van der Waals surface area contributed by atoms with Gasteiger partial charge in [0.25, 0.3) is 5.56 Å². The number of nitrogens with one attached hydrogen (secondary N) is 2. The number of aryl methyl sites for hydroxylation is 3. The molecule has 0 aliphatic rings. The molecule has 0 radical (unpaired) electrons. The van der Waals surface area contributed by atoms with Crippen LogP contribution in [0.5, 0.6) is 0 Å². The lowest BCUT2D eigenvalue weighted by Crippen LogP contribution is -2.25. The number of thioether (sulfide) groups is 1. The third-order valence-electron chi connectivity index (χ3n) is 3.74. The van der Waals surface area contributed by atoms with Gasteiger partial charge in [-0.05, 0) is 37.8 Å². The number of H-pyrrole nitrogens is 1. The number of benzene rings is 1. The van der Waals surface area contributed by atoms with Crippen molar-refractivity contribution >= 4 is 23.4 Å². The zero-order valence-corrected chi connectivity index (χ0v) is 15.2. The van der Waals surface area contributed by atoms with Crippen LogP contribution in [0.2, 0.25) is 0 Å². The van der Waals surface area contributed by atoms with Gasteiger partial charge in [-0.1, -0.05) is 43.8 Å². The van der Waals surface area contributed by atoms with Crippen molar-refractivity contribution in [2.75, 3.05) is 5.32 Å². The highest BCUT2D eigenvalue weighted by molar-refractivity contribution is 8.00. The molecule has 0 spiro atoms. The van der Waals surface area contributed by atoms with E-state index in [4.69, 9.17) is 0 Å². The average Bonchev–Trinajstić information content (AvgIpc) is 2.58. The Morgan fingerprint density at radius 3 is 2.42 bits per heavy atom. The van der Waals surface area contributed by atoms with Crippen molar-refractivity contribution in [3.63, 3.8) is 0 Å². The molecule has 0 saturated heterocycles. The van der Waals surface area contributed by atoms with Gasteiger partial charge >= 0.3 is 0 Å². The van der Waals surface area contributed by atoms with Crippen LogP contribution < -0.4 is 10.9 Å². The molecule has 1 unspecified atom stereocenters. The number of amides is 1.